The van der Waals surface area contributed by atoms with Crippen LogP contribution in [0.4, 0.5) is 5.69 Å². The normalized spacial score (nSPS) is 18.2. The van der Waals surface area contributed by atoms with E-state index in [1.807, 2.05) is 7.05 Å². The summed E-state index contributed by atoms with van der Waals surface area (Å²) in [4.78, 5) is 20.5. The lowest BCUT2D eigenvalue weighted by molar-refractivity contribution is 0.0935. The molecule has 7 nitrogen and oxygen atoms in total. The Balaban J connectivity index is 1.28. The van der Waals surface area contributed by atoms with Gasteiger partial charge in [0.1, 0.15) is 5.69 Å². The standard InChI is InChI=1S/C31H48N6O/c1-31(2,3)29-27(28(36(4)35-29)30(38)33-21-25-11-7-5-8-12-25)34-23-32-18-15-24-16-19-37(20-17-24)22-26-13-9-6-10-14-26/h6,9-10,13-14,23-25H,5,7-8,11-12,15-22H2,1-4H3,(H,32,34)(H,33,38). The lowest BCUT2D eigenvalue weighted by atomic mass is 9.89. The zero-order valence-electron chi connectivity index (χ0n) is 24.0. The fourth-order valence-electron chi connectivity index (χ4n) is 5.86. The number of aromatic nitrogens is 2. The van der Waals surface area contributed by atoms with Crippen LogP contribution in [-0.2, 0) is 19.0 Å². The van der Waals surface area contributed by atoms with E-state index in [9.17, 15) is 4.79 Å². The van der Waals surface area contributed by atoms with Crippen molar-refractivity contribution in [3.05, 3.63) is 47.3 Å². The molecule has 0 atom stereocenters. The summed E-state index contributed by atoms with van der Waals surface area (Å²) in [5, 5.41) is 11.3. The number of likely N-dealkylation sites (tertiary alicyclic amines) is 1. The number of anilines is 1. The summed E-state index contributed by atoms with van der Waals surface area (Å²) < 4.78 is 1.72. The molecule has 0 unspecified atom stereocenters. The maximum atomic E-state index is 13.2. The summed E-state index contributed by atoms with van der Waals surface area (Å²) in [5.74, 6) is 1.26. The summed E-state index contributed by atoms with van der Waals surface area (Å²) >= 11 is 0. The topological polar surface area (TPSA) is 74.5 Å². The third kappa shape index (κ3) is 7.92. The zero-order chi connectivity index (χ0) is 27.0. The van der Waals surface area contributed by atoms with Gasteiger partial charge in [0.25, 0.3) is 5.91 Å². The largest absolute Gasteiger partial charge is 0.350 e. The molecule has 1 saturated carbocycles. The predicted molar refractivity (Wildman–Crippen MR) is 157 cm³/mol. The van der Waals surface area contributed by atoms with Crippen molar-refractivity contribution < 1.29 is 4.79 Å². The molecule has 2 N–H and O–H groups in total. The molecule has 1 amide bonds. The highest BCUT2D eigenvalue weighted by atomic mass is 16.2. The molecular weight excluding hydrogens is 472 g/mol. The van der Waals surface area contributed by atoms with Gasteiger partial charge in [-0.2, -0.15) is 5.10 Å². The van der Waals surface area contributed by atoms with Crippen molar-refractivity contribution in [3.8, 4) is 0 Å². The maximum Gasteiger partial charge on any atom is 0.271 e. The fourth-order valence-corrected chi connectivity index (χ4v) is 5.86. The molecule has 1 saturated heterocycles. The number of aryl methyl sites for hydroxylation is 1. The van der Waals surface area contributed by atoms with Crippen LogP contribution >= 0.6 is 0 Å². The Bertz CT molecular complexity index is 1040. The Morgan fingerprint density at radius 1 is 1.05 bits per heavy atom. The van der Waals surface area contributed by atoms with Gasteiger partial charge in [-0.15, -0.1) is 0 Å². The monoisotopic (exact) mass is 520 g/mol. The molecule has 38 heavy (non-hydrogen) atoms. The second-order valence-corrected chi connectivity index (χ2v) is 12.3. The number of aliphatic imine (C=N–C) groups is 1. The molecule has 2 aliphatic rings. The number of hydrogen-bond acceptors (Lipinski definition) is 4. The van der Waals surface area contributed by atoms with Crippen molar-refractivity contribution in [1.29, 1.82) is 0 Å². The summed E-state index contributed by atoms with van der Waals surface area (Å²) in [7, 11) is 1.86. The molecule has 4 rings (SSSR count). The van der Waals surface area contributed by atoms with E-state index in [4.69, 9.17) is 5.10 Å². The highest BCUT2D eigenvalue weighted by Gasteiger charge is 2.29. The van der Waals surface area contributed by atoms with Gasteiger partial charge in [-0.3, -0.25) is 19.4 Å². The molecule has 1 aromatic carbocycles. The van der Waals surface area contributed by atoms with Crippen LogP contribution in [0.5, 0.6) is 0 Å². The Morgan fingerprint density at radius 2 is 1.76 bits per heavy atom. The van der Waals surface area contributed by atoms with Gasteiger partial charge in [-0.1, -0.05) is 70.4 Å². The second kappa shape index (κ2) is 13.4. The van der Waals surface area contributed by atoms with Crippen molar-refractivity contribution in [1.82, 2.24) is 20.0 Å². The quantitative estimate of drug-likeness (QED) is 0.308. The molecule has 1 aliphatic heterocycles. The van der Waals surface area contributed by atoms with E-state index in [0.29, 0.717) is 11.6 Å². The van der Waals surface area contributed by atoms with Gasteiger partial charge in [-0.25, -0.2) is 0 Å². The van der Waals surface area contributed by atoms with Crippen molar-refractivity contribution in [2.45, 2.75) is 84.1 Å². The van der Waals surface area contributed by atoms with E-state index in [1.165, 1.54) is 50.5 Å². The summed E-state index contributed by atoms with van der Waals surface area (Å²) in [5.41, 5.74) is 3.46. The van der Waals surface area contributed by atoms with Crippen LogP contribution in [-0.4, -0.2) is 53.1 Å². The van der Waals surface area contributed by atoms with Crippen molar-refractivity contribution in [2.24, 2.45) is 23.9 Å². The first-order chi connectivity index (χ1) is 18.3. The molecule has 2 aromatic rings. The zero-order valence-corrected chi connectivity index (χ0v) is 24.0. The number of carbonyl (C=O) groups excluding carboxylic acids is 1. The minimum atomic E-state index is -0.191. The molecule has 1 aromatic heterocycles. The molecule has 2 fully saturated rings. The van der Waals surface area contributed by atoms with Crippen LogP contribution in [0.3, 0.4) is 0 Å². The maximum absolute atomic E-state index is 13.2. The van der Waals surface area contributed by atoms with Crippen LogP contribution in [0, 0.1) is 11.8 Å². The third-order valence-corrected chi connectivity index (χ3v) is 8.17. The summed E-state index contributed by atoms with van der Waals surface area (Å²) in [6, 6.07) is 10.8. The van der Waals surface area contributed by atoms with Crippen LogP contribution in [0.1, 0.15) is 93.9 Å². The van der Waals surface area contributed by atoms with E-state index in [2.05, 4.69) is 71.6 Å². The van der Waals surface area contributed by atoms with Gasteiger partial charge in [0.15, 0.2) is 0 Å². The molecule has 0 spiro atoms. The van der Waals surface area contributed by atoms with Crippen molar-refractivity contribution in [3.63, 3.8) is 0 Å². The Hall–Kier alpha value is -2.67. The SMILES string of the molecule is Cn1nc(C(C)(C)C)c(NC=NCCC2CCN(Cc3ccccc3)CC2)c1C(=O)NCC1CCCCC1. The summed E-state index contributed by atoms with van der Waals surface area (Å²) in [6.45, 7) is 11.3. The van der Waals surface area contributed by atoms with E-state index >= 15 is 0 Å². The second-order valence-electron chi connectivity index (χ2n) is 12.3. The number of nitrogens with one attached hydrogen (secondary N) is 2. The van der Waals surface area contributed by atoms with Crippen LogP contribution in [0.25, 0.3) is 0 Å². The Labute approximate surface area is 229 Å². The minimum absolute atomic E-state index is 0.0563. The van der Waals surface area contributed by atoms with Crippen LogP contribution in [0.15, 0.2) is 35.3 Å². The molecule has 2 heterocycles. The smallest absolute Gasteiger partial charge is 0.271 e. The molecule has 7 heteroatoms. The highest BCUT2D eigenvalue weighted by Crippen LogP contribution is 2.31. The lowest BCUT2D eigenvalue weighted by Gasteiger charge is -2.31. The first-order valence-corrected chi connectivity index (χ1v) is 14.7. The van der Waals surface area contributed by atoms with Crippen molar-refractivity contribution in [2.75, 3.05) is 31.5 Å². The van der Waals surface area contributed by atoms with Gasteiger partial charge in [0.05, 0.1) is 17.7 Å². The fraction of sp³-hybridized carbons (Fsp3) is 0.645. The average Bonchev–Trinajstić information content (AvgIpc) is 3.26. The first-order valence-electron chi connectivity index (χ1n) is 14.7. The Morgan fingerprint density at radius 3 is 2.45 bits per heavy atom. The molecule has 1 aliphatic carbocycles. The van der Waals surface area contributed by atoms with Gasteiger partial charge in [-0.05, 0) is 62.6 Å². The van der Waals surface area contributed by atoms with E-state index in [-0.39, 0.29) is 11.3 Å². The number of hydrogen-bond donors (Lipinski definition) is 2. The van der Waals surface area contributed by atoms with E-state index in [0.717, 1.165) is 56.4 Å². The Kier molecular flexibility index (Phi) is 10.0. The first kappa shape index (κ1) is 28.3. The number of rotatable bonds is 10. The number of carbonyl (C=O) groups is 1. The van der Waals surface area contributed by atoms with E-state index in [1.54, 1.807) is 11.0 Å². The third-order valence-electron chi connectivity index (χ3n) is 8.17. The van der Waals surface area contributed by atoms with Crippen molar-refractivity contribution >= 4 is 17.9 Å². The molecule has 0 bridgehead atoms. The number of amides is 1. The molecule has 0 radical (unpaired) electrons. The average molecular weight is 521 g/mol. The van der Waals surface area contributed by atoms with Crippen LogP contribution < -0.4 is 10.6 Å². The van der Waals surface area contributed by atoms with E-state index < -0.39 is 0 Å². The van der Waals surface area contributed by atoms with Gasteiger partial charge in [0, 0.05) is 32.1 Å². The number of nitrogens with zero attached hydrogens (tertiary/aromatic N) is 4. The summed E-state index contributed by atoms with van der Waals surface area (Å²) in [6.07, 6.45) is 11.6. The lowest BCUT2D eigenvalue weighted by Crippen LogP contribution is -2.33. The number of benzene rings is 1. The van der Waals surface area contributed by atoms with Gasteiger partial charge >= 0.3 is 0 Å². The molecular formula is C31H48N6O. The minimum Gasteiger partial charge on any atom is -0.350 e. The van der Waals surface area contributed by atoms with Gasteiger partial charge in [0.2, 0.25) is 0 Å². The molecule has 208 valence electrons. The number of piperidine rings is 1. The van der Waals surface area contributed by atoms with Gasteiger partial charge < -0.3 is 10.6 Å². The highest BCUT2D eigenvalue weighted by molar-refractivity contribution is 6.01. The van der Waals surface area contributed by atoms with Crippen LogP contribution in [0.2, 0.25) is 0 Å². The predicted octanol–water partition coefficient (Wildman–Crippen LogP) is 5.77.